The summed E-state index contributed by atoms with van der Waals surface area (Å²) in [6.45, 7) is -0.221. The van der Waals surface area contributed by atoms with Gasteiger partial charge in [-0.05, 0) is 12.1 Å². The van der Waals surface area contributed by atoms with Crippen molar-refractivity contribution in [3.63, 3.8) is 0 Å². The van der Waals surface area contributed by atoms with E-state index in [2.05, 4.69) is 10.5 Å². The van der Waals surface area contributed by atoms with Crippen LogP contribution in [-0.4, -0.2) is 11.1 Å². The zero-order valence-corrected chi connectivity index (χ0v) is 12.6. The van der Waals surface area contributed by atoms with Gasteiger partial charge in [-0.25, -0.2) is 8.78 Å². The van der Waals surface area contributed by atoms with Crippen LogP contribution in [-0.2, 0) is 17.8 Å². The molecular weight excluding hydrogens is 314 g/mol. The third-order valence-electron chi connectivity index (χ3n) is 3.48. The van der Waals surface area contributed by atoms with Gasteiger partial charge in [-0.3, -0.25) is 4.79 Å². The fourth-order valence-electron chi connectivity index (χ4n) is 2.25. The van der Waals surface area contributed by atoms with Crippen LogP contribution in [0, 0.1) is 11.6 Å². The molecule has 1 heterocycles. The third kappa shape index (κ3) is 3.65. The quantitative estimate of drug-likeness (QED) is 0.780. The minimum absolute atomic E-state index is 0.0353. The lowest BCUT2D eigenvalue weighted by atomic mass is 10.1. The topological polar surface area (TPSA) is 55.1 Å². The van der Waals surface area contributed by atoms with Gasteiger partial charge >= 0.3 is 0 Å². The Bertz CT molecular complexity index is 827. The Balaban J connectivity index is 1.61. The number of hydrogen-bond acceptors (Lipinski definition) is 3. The van der Waals surface area contributed by atoms with E-state index in [4.69, 9.17) is 4.52 Å². The molecule has 0 spiro atoms. The zero-order chi connectivity index (χ0) is 16.9. The van der Waals surface area contributed by atoms with Gasteiger partial charge in [0, 0.05) is 23.7 Å². The van der Waals surface area contributed by atoms with Gasteiger partial charge in [0.05, 0.1) is 12.1 Å². The molecule has 0 aliphatic carbocycles. The summed E-state index contributed by atoms with van der Waals surface area (Å²) in [6.07, 6.45) is -0.0353. The van der Waals surface area contributed by atoms with E-state index in [1.807, 2.05) is 30.3 Å². The molecule has 122 valence electrons. The highest BCUT2D eigenvalue weighted by Gasteiger charge is 2.13. The van der Waals surface area contributed by atoms with Gasteiger partial charge in [0.25, 0.3) is 0 Å². The van der Waals surface area contributed by atoms with Crippen LogP contribution in [0.3, 0.4) is 0 Å². The monoisotopic (exact) mass is 328 g/mol. The first kappa shape index (κ1) is 15.9. The highest BCUT2D eigenvalue weighted by atomic mass is 19.1. The summed E-state index contributed by atoms with van der Waals surface area (Å²) in [7, 11) is 0. The molecule has 1 aromatic heterocycles. The van der Waals surface area contributed by atoms with Gasteiger partial charge < -0.3 is 9.84 Å². The molecule has 1 N–H and O–H groups in total. The summed E-state index contributed by atoms with van der Waals surface area (Å²) in [5.41, 5.74) is 1.13. The molecule has 0 aliphatic rings. The molecular formula is C18H14F2N2O2. The van der Waals surface area contributed by atoms with Crippen LogP contribution in [0.1, 0.15) is 11.3 Å². The van der Waals surface area contributed by atoms with Crippen LogP contribution in [0.25, 0.3) is 11.3 Å². The van der Waals surface area contributed by atoms with Gasteiger partial charge in [0.1, 0.15) is 11.6 Å². The predicted octanol–water partition coefficient (Wildman–Crippen LogP) is 3.48. The number of benzene rings is 2. The molecule has 3 aromatic rings. The van der Waals surface area contributed by atoms with E-state index in [1.54, 1.807) is 6.07 Å². The van der Waals surface area contributed by atoms with Crippen molar-refractivity contribution in [3.8, 4) is 11.3 Å². The van der Waals surface area contributed by atoms with Crippen molar-refractivity contribution in [2.75, 3.05) is 0 Å². The van der Waals surface area contributed by atoms with Gasteiger partial charge in [-0.1, -0.05) is 41.6 Å². The normalized spacial score (nSPS) is 10.6. The average molecular weight is 328 g/mol. The Morgan fingerprint density at radius 1 is 1.04 bits per heavy atom. The average Bonchev–Trinajstić information content (AvgIpc) is 3.03. The minimum atomic E-state index is -0.692. The number of amides is 1. The van der Waals surface area contributed by atoms with E-state index >= 15 is 0 Å². The van der Waals surface area contributed by atoms with Crippen molar-refractivity contribution in [2.24, 2.45) is 0 Å². The molecule has 0 saturated heterocycles. The summed E-state index contributed by atoms with van der Waals surface area (Å²) in [5, 5.41) is 6.32. The first-order valence-electron chi connectivity index (χ1n) is 7.34. The van der Waals surface area contributed by atoms with Gasteiger partial charge in [-0.2, -0.15) is 0 Å². The summed E-state index contributed by atoms with van der Waals surface area (Å²) >= 11 is 0. The number of carbonyl (C=O) groups excluding carboxylic acids is 1. The van der Waals surface area contributed by atoms with Gasteiger partial charge in [0.15, 0.2) is 5.76 Å². The maximum absolute atomic E-state index is 13.5. The molecule has 0 saturated carbocycles. The highest BCUT2D eigenvalue weighted by molar-refractivity contribution is 5.78. The molecule has 0 radical (unpaired) electrons. The third-order valence-corrected chi connectivity index (χ3v) is 3.48. The molecule has 4 nitrogen and oxygen atoms in total. The van der Waals surface area contributed by atoms with Gasteiger partial charge in [0.2, 0.25) is 5.91 Å². The smallest absolute Gasteiger partial charge is 0.226 e. The van der Waals surface area contributed by atoms with E-state index in [9.17, 15) is 13.6 Å². The van der Waals surface area contributed by atoms with E-state index in [1.165, 1.54) is 6.07 Å². The number of aromatic nitrogens is 1. The predicted molar refractivity (Wildman–Crippen MR) is 83.8 cm³/mol. The Hall–Kier alpha value is -3.02. The van der Waals surface area contributed by atoms with E-state index < -0.39 is 17.5 Å². The van der Waals surface area contributed by atoms with Crippen molar-refractivity contribution >= 4 is 5.91 Å². The highest BCUT2D eigenvalue weighted by Crippen LogP contribution is 2.20. The molecule has 3 rings (SSSR count). The molecule has 6 heteroatoms. The van der Waals surface area contributed by atoms with E-state index in [0.29, 0.717) is 11.5 Å². The van der Waals surface area contributed by atoms with Crippen LogP contribution < -0.4 is 5.32 Å². The van der Waals surface area contributed by atoms with Crippen LogP contribution in [0.2, 0.25) is 0 Å². The Labute approximate surface area is 137 Å². The van der Waals surface area contributed by atoms with Crippen LogP contribution in [0.5, 0.6) is 0 Å². The molecule has 24 heavy (non-hydrogen) atoms. The fourth-order valence-corrected chi connectivity index (χ4v) is 2.25. The van der Waals surface area contributed by atoms with Crippen molar-refractivity contribution in [2.45, 2.75) is 13.0 Å². The number of nitrogens with zero attached hydrogens (tertiary/aromatic N) is 1. The van der Waals surface area contributed by atoms with Crippen molar-refractivity contribution in [1.82, 2.24) is 10.5 Å². The maximum Gasteiger partial charge on any atom is 0.226 e. The number of hydrogen-bond donors (Lipinski definition) is 1. The molecule has 0 fully saturated rings. The lowest BCUT2D eigenvalue weighted by Crippen LogP contribution is -2.25. The number of halogens is 2. The van der Waals surface area contributed by atoms with Crippen molar-refractivity contribution in [3.05, 3.63) is 77.5 Å². The van der Waals surface area contributed by atoms with E-state index in [-0.39, 0.29) is 18.5 Å². The Morgan fingerprint density at radius 3 is 2.46 bits per heavy atom. The van der Waals surface area contributed by atoms with Gasteiger partial charge in [-0.15, -0.1) is 0 Å². The molecule has 2 aromatic carbocycles. The standard InChI is InChI=1S/C18H14F2N2O2/c19-15-7-4-8-16(20)14(15)11-21-18(23)10-13-9-17(24-22-13)12-5-2-1-3-6-12/h1-9H,10-11H2,(H,21,23). The summed E-state index contributed by atoms with van der Waals surface area (Å²) in [4.78, 5) is 11.9. The lowest BCUT2D eigenvalue weighted by molar-refractivity contribution is -0.120. The fraction of sp³-hybridized carbons (Fsp3) is 0.111. The largest absolute Gasteiger partial charge is 0.356 e. The number of rotatable bonds is 5. The lowest BCUT2D eigenvalue weighted by Gasteiger charge is -2.06. The molecule has 1 amide bonds. The Morgan fingerprint density at radius 2 is 1.75 bits per heavy atom. The second kappa shape index (κ2) is 7.04. The molecule has 0 aliphatic heterocycles. The van der Waals surface area contributed by atoms with Crippen LogP contribution in [0.15, 0.2) is 59.1 Å². The molecule has 0 atom stereocenters. The maximum atomic E-state index is 13.5. The second-order valence-electron chi connectivity index (χ2n) is 5.20. The molecule has 0 bridgehead atoms. The van der Waals surface area contributed by atoms with Crippen molar-refractivity contribution < 1.29 is 18.1 Å². The Kier molecular flexibility index (Phi) is 4.65. The SMILES string of the molecule is O=C(Cc1cc(-c2ccccc2)on1)NCc1c(F)cccc1F. The summed E-state index contributed by atoms with van der Waals surface area (Å²) in [6, 6.07) is 14.6. The number of nitrogens with one attached hydrogen (secondary N) is 1. The number of carbonyl (C=O) groups is 1. The summed E-state index contributed by atoms with van der Waals surface area (Å²) < 4.78 is 32.2. The minimum Gasteiger partial charge on any atom is -0.356 e. The summed E-state index contributed by atoms with van der Waals surface area (Å²) in [5.74, 6) is -1.23. The first-order chi connectivity index (χ1) is 11.6. The second-order valence-corrected chi connectivity index (χ2v) is 5.20. The first-order valence-corrected chi connectivity index (χ1v) is 7.34. The van der Waals surface area contributed by atoms with E-state index in [0.717, 1.165) is 17.7 Å². The van der Waals surface area contributed by atoms with Crippen molar-refractivity contribution in [1.29, 1.82) is 0 Å². The van der Waals surface area contributed by atoms with Crippen LogP contribution >= 0.6 is 0 Å². The van der Waals surface area contributed by atoms with Crippen LogP contribution in [0.4, 0.5) is 8.78 Å². The zero-order valence-electron chi connectivity index (χ0n) is 12.6. The molecule has 0 unspecified atom stereocenters.